The van der Waals surface area contributed by atoms with Crippen molar-refractivity contribution in [2.75, 3.05) is 25.3 Å². The van der Waals surface area contributed by atoms with E-state index in [9.17, 15) is 4.79 Å². The fourth-order valence-electron chi connectivity index (χ4n) is 3.53. The highest BCUT2D eigenvalue weighted by molar-refractivity contribution is 7.99. The molecular weight excluding hydrogens is 448 g/mol. The van der Waals surface area contributed by atoms with Crippen LogP contribution in [-0.4, -0.2) is 40.6 Å². The standard InChI is InChI=1S/C26H26N4O3S/c1-17-8-7-10-22(18(17)2)27-24(31)16-34-26-29-28-25(21-9-5-6-11-23(21)33-4)30(26)19-12-14-20(32-3)15-13-19/h5-15H,16H2,1-4H3,(H,27,31). The van der Waals surface area contributed by atoms with Gasteiger partial charge in [0.05, 0.1) is 31.2 Å². The van der Waals surface area contributed by atoms with Gasteiger partial charge in [0.15, 0.2) is 11.0 Å². The van der Waals surface area contributed by atoms with Crippen LogP contribution < -0.4 is 14.8 Å². The van der Waals surface area contributed by atoms with Crippen molar-refractivity contribution in [2.45, 2.75) is 19.0 Å². The number of benzene rings is 3. The van der Waals surface area contributed by atoms with E-state index in [1.165, 1.54) is 11.8 Å². The molecule has 1 N–H and O–H groups in total. The number of nitrogens with one attached hydrogen (secondary N) is 1. The molecule has 4 rings (SSSR count). The molecule has 0 saturated carbocycles. The van der Waals surface area contributed by atoms with Gasteiger partial charge in [0.2, 0.25) is 5.91 Å². The van der Waals surface area contributed by atoms with Crippen molar-refractivity contribution in [1.82, 2.24) is 14.8 Å². The van der Waals surface area contributed by atoms with Gasteiger partial charge >= 0.3 is 0 Å². The van der Waals surface area contributed by atoms with E-state index in [2.05, 4.69) is 15.5 Å². The van der Waals surface area contributed by atoms with Crippen molar-refractivity contribution < 1.29 is 14.3 Å². The molecule has 0 aliphatic carbocycles. The molecule has 0 saturated heterocycles. The minimum absolute atomic E-state index is 0.109. The third-order valence-corrected chi connectivity index (χ3v) is 6.45. The van der Waals surface area contributed by atoms with Crippen LogP contribution in [0.15, 0.2) is 71.9 Å². The highest BCUT2D eigenvalue weighted by atomic mass is 32.2. The van der Waals surface area contributed by atoms with Crippen LogP contribution in [0.25, 0.3) is 17.1 Å². The molecule has 0 radical (unpaired) electrons. The molecule has 0 bridgehead atoms. The molecular formula is C26H26N4O3S. The number of nitrogens with zero attached hydrogens (tertiary/aromatic N) is 3. The second-order valence-electron chi connectivity index (χ2n) is 7.62. The zero-order chi connectivity index (χ0) is 24.1. The SMILES string of the molecule is COc1ccc(-n2c(SCC(=O)Nc3cccc(C)c3C)nnc2-c2ccccc2OC)cc1. The number of hydrogen-bond donors (Lipinski definition) is 1. The molecule has 1 aromatic heterocycles. The van der Waals surface area contributed by atoms with Crippen molar-refractivity contribution in [3.05, 3.63) is 77.9 Å². The van der Waals surface area contributed by atoms with Crippen molar-refractivity contribution in [3.8, 4) is 28.6 Å². The first-order valence-corrected chi connectivity index (χ1v) is 11.7. The summed E-state index contributed by atoms with van der Waals surface area (Å²) in [5, 5.41) is 12.5. The number of thioether (sulfide) groups is 1. The molecule has 0 atom stereocenters. The van der Waals surface area contributed by atoms with Gasteiger partial charge in [-0.1, -0.05) is 36.0 Å². The molecule has 4 aromatic rings. The highest BCUT2D eigenvalue weighted by Crippen LogP contribution is 2.33. The highest BCUT2D eigenvalue weighted by Gasteiger charge is 2.20. The summed E-state index contributed by atoms with van der Waals surface area (Å²) in [5.41, 5.74) is 4.66. The van der Waals surface area contributed by atoms with Crippen LogP contribution in [0.1, 0.15) is 11.1 Å². The molecule has 34 heavy (non-hydrogen) atoms. The van der Waals surface area contributed by atoms with Crippen molar-refractivity contribution in [3.63, 3.8) is 0 Å². The maximum Gasteiger partial charge on any atom is 0.234 e. The maximum atomic E-state index is 12.7. The molecule has 0 unspecified atom stereocenters. The Morgan fingerprint density at radius 3 is 2.44 bits per heavy atom. The van der Waals surface area contributed by atoms with E-state index in [0.29, 0.717) is 16.7 Å². The van der Waals surface area contributed by atoms with Crippen LogP contribution in [0.5, 0.6) is 11.5 Å². The van der Waals surface area contributed by atoms with Crippen LogP contribution >= 0.6 is 11.8 Å². The predicted octanol–water partition coefficient (Wildman–Crippen LogP) is 5.30. The fraction of sp³-hybridized carbons (Fsp3) is 0.192. The molecule has 174 valence electrons. The lowest BCUT2D eigenvalue weighted by molar-refractivity contribution is -0.113. The van der Waals surface area contributed by atoms with Gasteiger partial charge in [-0.05, 0) is 67.4 Å². The molecule has 1 amide bonds. The van der Waals surface area contributed by atoms with Gasteiger partial charge < -0.3 is 14.8 Å². The molecule has 0 aliphatic rings. The van der Waals surface area contributed by atoms with Crippen LogP contribution in [0.3, 0.4) is 0 Å². The first-order chi connectivity index (χ1) is 16.5. The van der Waals surface area contributed by atoms with Gasteiger partial charge in [0, 0.05) is 5.69 Å². The van der Waals surface area contributed by atoms with E-state index >= 15 is 0 Å². The quantitative estimate of drug-likeness (QED) is 0.349. The molecule has 7 nitrogen and oxygen atoms in total. The minimum atomic E-state index is -0.109. The number of rotatable bonds is 8. The molecule has 0 fully saturated rings. The Hall–Kier alpha value is -3.78. The zero-order valence-corrected chi connectivity index (χ0v) is 20.3. The second-order valence-corrected chi connectivity index (χ2v) is 8.57. The summed E-state index contributed by atoms with van der Waals surface area (Å²) < 4.78 is 12.8. The first kappa shape index (κ1) is 23.4. The van der Waals surface area contributed by atoms with Gasteiger partial charge in [0.1, 0.15) is 11.5 Å². The summed E-state index contributed by atoms with van der Waals surface area (Å²) in [6, 6.07) is 21.1. The zero-order valence-electron chi connectivity index (χ0n) is 19.5. The molecule has 0 aliphatic heterocycles. The van der Waals surface area contributed by atoms with E-state index in [0.717, 1.165) is 33.8 Å². The summed E-state index contributed by atoms with van der Waals surface area (Å²) in [5.74, 6) is 2.14. The molecule has 8 heteroatoms. The minimum Gasteiger partial charge on any atom is -0.497 e. The van der Waals surface area contributed by atoms with Crippen LogP contribution in [0.2, 0.25) is 0 Å². The Balaban J connectivity index is 1.65. The number of carbonyl (C=O) groups excluding carboxylic acids is 1. The summed E-state index contributed by atoms with van der Waals surface area (Å²) in [4.78, 5) is 12.7. The number of hydrogen-bond acceptors (Lipinski definition) is 6. The number of amides is 1. The third kappa shape index (κ3) is 4.92. The average Bonchev–Trinajstić information content (AvgIpc) is 3.29. The summed E-state index contributed by atoms with van der Waals surface area (Å²) in [6.45, 7) is 4.02. The number of ether oxygens (including phenoxy) is 2. The Kier molecular flexibility index (Phi) is 7.18. The second kappa shape index (κ2) is 10.4. The van der Waals surface area contributed by atoms with Crippen molar-refractivity contribution >= 4 is 23.4 Å². The topological polar surface area (TPSA) is 78.3 Å². The van der Waals surface area contributed by atoms with Crippen LogP contribution in [-0.2, 0) is 4.79 Å². The Bertz CT molecular complexity index is 1300. The fourth-order valence-corrected chi connectivity index (χ4v) is 4.29. The Morgan fingerprint density at radius 1 is 0.941 bits per heavy atom. The molecule has 1 heterocycles. The predicted molar refractivity (Wildman–Crippen MR) is 135 cm³/mol. The summed E-state index contributed by atoms with van der Waals surface area (Å²) in [7, 11) is 3.25. The Morgan fingerprint density at radius 2 is 1.71 bits per heavy atom. The van der Waals surface area contributed by atoms with Gasteiger partial charge in [-0.15, -0.1) is 10.2 Å². The third-order valence-electron chi connectivity index (χ3n) is 5.52. The number of aryl methyl sites for hydroxylation is 1. The lowest BCUT2D eigenvalue weighted by Gasteiger charge is -2.13. The van der Waals surface area contributed by atoms with Gasteiger partial charge in [-0.25, -0.2) is 0 Å². The summed E-state index contributed by atoms with van der Waals surface area (Å²) >= 11 is 1.32. The Labute approximate surface area is 203 Å². The van der Waals surface area contributed by atoms with Gasteiger partial charge in [-0.3, -0.25) is 9.36 Å². The average molecular weight is 475 g/mol. The maximum absolute atomic E-state index is 12.7. The van der Waals surface area contributed by atoms with Gasteiger partial charge in [0.25, 0.3) is 0 Å². The van der Waals surface area contributed by atoms with Crippen LogP contribution in [0.4, 0.5) is 5.69 Å². The monoisotopic (exact) mass is 474 g/mol. The number of methoxy groups -OCH3 is 2. The van der Waals surface area contributed by atoms with Crippen LogP contribution in [0, 0.1) is 13.8 Å². The van der Waals surface area contributed by atoms with E-state index in [4.69, 9.17) is 9.47 Å². The smallest absolute Gasteiger partial charge is 0.234 e. The molecule has 3 aromatic carbocycles. The van der Waals surface area contributed by atoms with E-state index in [1.54, 1.807) is 14.2 Å². The number of carbonyl (C=O) groups is 1. The van der Waals surface area contributed by atoms with Gasteiger partial charge in [-0.2, -0.15) is 0 Å². The van der Waals surface area contributed by atoms with E-state index in [1.807, 2.05) is 85.1 Å². The first-order valence-electron chi connectivity index (χ1n) is 10.7. The lowest BCUT2D eigenvalue weighted by atomic mass is 10.1. The van der Waals surface area contributed by atoms with Crippen molar-refractivity contribution in [2.24, 2.45) is 0 Å². The number of anilines is 1. The van der Waals surface area contributed by atoms with Crippen molar-refractivity contribution in [1.29, 1.82) is 0 Å². The molecule has 0 spiro atoms. The van der Waals surface area contributed by atoms with E-state index in [-0.39, 0.29) is 11.7 Å². The largest absolute Gasteiger partial charge is 0.497 e. The lowest BCUT2D eigenvalue weighted by Crippen LogP contribution is -2.15. The number of aromatic nitrogens is 3. The summed E-state index contributed by atoms with van der Waals surface area (Å²) in [6.07, 6.45) is 0. The van der Waals surface area contributed by atoms with E-state index < -0.39 is 0 Å². The number of para-hydroxylation sites is 1. The normalized spacial score (nSPS) is 10.7.